The summed E-state index contributed by atoms with van der Waals surface area (Å²) in [5, 5.41) is 6.35. The molecule has 2 atom stereocenters. The zero-order valence-corrected chi connectivity index (χ0v) is 12.8. The Morgan fingerprint density at radius 3 is 2.89 bits per heavy atom. The zero-order valence-electron chi connectivity index (χ0n) is 11.1. The van der Waals surface area contributed by atoms with E-state index in [1.165, 1.54) is 34.6 Å². The van der Waals surface area contributed by atoms with Crippen molar-refractivity contribution in [1.29, 1.82) is 0 Å². The molecule has 3 heteroatoms. The predicted octanol–water partition coefficient (Wildman–Crippen LogP) is 4.51. The Morgan fingerprint density at radius 1 is 1.21 bits per heavy atom. The molecular formula is C16H19NS2. The Hall–Kier alpha value is -0.770. The number of aryl methyl sites for hydroxylation is 1. The van der Waals surface area contributed by atoms with Crippen LogP contribution in [0.3, 0.4) is 0 Å². The molecule has 1 nitrogen and oxygen atoms in total. The quantitative estimate of drug-likeness (QED) is 0.835. The van der Waals surface area contributed by atoms with Crippen LogP contribution in [-0.2, 0) is 6.42 Å². The molecule has 0 amide bonds. The monoisotopic (exact) mass is 289 g/mol. The first-order valence-electron chi connectivity index (χ1n) is 6.83. The Kier molecular flexibility index (Phi) is 4.26. The summed E-state index contributed by atoms with van der Waals surface area (Å²) in [7, 11) is 2.09. The first-order valence-corrected chi connectivity index (χ1v) is 8.59. The van der Waals surface area contributed by atoms with E-state index in [2.05, 4.69) is 54.1 Å². The fraction of sp³-hybridized carbons (Fsp3) is 0.375. The topological polar surface area (TPSA) is 12.0 Å². The highest BCUT2D eigenvalue weighted by Gasteiger charge is 2.27. The van der Waals surface area contributed by atoms with Crippen LogP contribution in [0.4, 0.5) is 0 Å². The smallest absolute Gasteiger partial charge is 0.0601 e. The largest absolute Gasteiger partial charge is 0.312 e. The molecule has 0 bridgehead atoms. The Bertz CT molecular complexity index is 521. The molecule has 2 aromatic rings. The average molecular weight is 289 g/mol. The summed E-state index contributed by atoms with van der Waals surface area (Å²) in [5.41, 5.74) is 3.02. The molecule has 1 aromatic carbocycles. The van der Waals surface area contributed by atoms with Gasteiger partial charge in [-0.25, -0.2) is 0 Å². The summed E-state index contributed by atoms with van der Waals surface area (Å²) in [5.74, 6) is 0. The van der Waals surface area contributed by atoms with Crippen LogP contribution in [0.25, 0.3) is 0 Å². The van der Waals surface area contributed by atoms with Crippen molar-refractivity contribution >= 4 is 23.1 Å². The standard InChI is InChI=1S/C16H19NS2/c1-17-16-13-8-3-2-6-12(13)7-4-9-14(16)19-15-10-5-11-18-15/h2-3,5-6,8,10-11,14,16-17H,4,7,9H2,1H3. The van der Waals surface area contributed by atoms with Crippen LogP contribution < -0.4 is 5.32 Å². The third-order valence-electron chi connectivity index (χ3n) is 3.77. The lowest BCUT2D eigenvalue weighted by Crippen LogP contribution is -2.26. The molecule has 1 aliphatic carbocycles. The van der Waals surface area contributed by atoms with Crippen LogP contribution >= 0.6 is 23.1 Å². The maximum Gasteiger partial charge on any atom is 0.0601 e. The van der Waals surface area contributed by atoms with Crippen molar-refractivity contribution in [1.82, 2.24) is 5.32 Å². The van der Waals surface area contributed by atoms with E-state index in [-0.39, 0.29) is 0 Å². The van der Waals surface area contributed by atoms with Gasteiger partial charge in [0.2, 0.25) is 0 Å². The van der Waals surface area contributed by atoms with Gasteiger partial charge in [0.05, 0.1) is 4.21 Å². The molecule has 0 saturated heterocycles. The first kappa shape index (κ1) is 13.2. The number of benzene rings is 1. The van der Waals surface area contributed by atoms with E-state index in [0.29, 0.717) is 11.3 Å². The van der Waals surface area contributed by atoms with Gasteiger partial charge < -0.3 is 5.32 Å². The lowest BCUT2D eigenvalue weighted by atomic mass is 9.99. The fourth-order valence-electron chi connectivity index (χ4n) is 2.87. The molecular weight excluding hydrogens is 270 g/mol. The van der Waals surface area contributed by atoms with Crippen LogP contribution in [0.1, 0.15) is 30.0 Å². The molecule has 0 fully saturated rings. The molecule has 0 saturated carbocycles. The number of thiophene rings is 1. The normalized spacial score (nSPS) is 22.8. The van der Waals surface area contributed by atoms with Crippen molar-refractivity contribution in [2.45, 2.75) is 34.8 Å². The fourth-order valence-corrected chi connectivity index (χ4v) is 5.24. The molecule has 1 N–H and O–H groups in total. The van der Waals surface area contributed by atoms with E-state index in [0.717, 1.165) is 0 Å². The van der Waals surface area contributed by atoms with E-state index in [9.17, 15) is 0 Å². The maximum absolute atomic E-state index is 3.55. The third kappa shape index (κ3) is 2.88. The van der Waals surface area contributed by atoms with Crippen LogP contribution in [-0.4, -0.2) is 12.3 Å². The summed E-state index contributed by atoms with van der Waals surface area (Å²) >= 11 is 3.89. The number of hydrogen-bond donors (Lipinski definition) is 1. The second-order valence-electron chi connectivity index (χ2n) is 4.95. The minimum Gasteiger partial charge on any atom is -0.312 e. The van der Waals surface area contributed by atoms with Crippen molar-refractivity contribution in [3.05, 3.63) is 52.9 Å². The predicted molar refractivity (Wildman–Crippen MR) is 85.1 cm³/mol. The van der Waals surface area contributed by atoms with Crippen molar-refractivity contribution in [3.63, 3.8) is 0 Å². The van der Waals surface area contributed by atoms with Gasteiger partial charge in [0.1, 0.15) is 0 Å². The highest BCUT2D eigenvalue weighted by Crippen LogP contribution is 2.40. The van der Waals surface area contributed by atoms with Gasteiger partial charge in [0, 0.05) is 11.3 Å². The summed E-state index contributed by atoms with van der Waals surface area (Å²) in [6.07, 6.45) is 3.79. The van der Waals surface area contributed by atoms with Gasteiger partial charge >= 0.3 is 0 Å². The molecule has 3 rings (SSSR count). The Morgan fingerprint density at radius 2 is 2.11 bits per heavy atom. The summed E-state index contributed by atoms with van der Waals surface area (Å²) in [6.45, 7) is 0. The van der Waals surface area contributed by atoms with Gasteiger partial charge in [-0.2, -0.15) is 0 Å². The Labute approximate surface area is 123 Å². The third-order valence-corrected chi connectivity index (χ3v) is 6.19. The minimum atomic E-state index is 0.464. The van der Waals surface area contributed by atoms with Gasteiger partial charge in [-0.3, -0.25) is 0 Å². The molecule has 19 heavy (non-hydrogen) atoms. The highest BCUT2D eigenvalue weighted by atomic mass is 32.2. The number of hydrogen-bond acceptors (Lipinski definition) is 3. The molecule has 0 aliphatic heterocycles. The first-order chi connectivity index (χ1) is 9.38. The number of nitrogens with one attached hydrogen (secondary N) is 1. The van der Waals surface area contributed by atoms with E-state index >= 15 is 0 Å². The lowest BCUT2D eigenvalue weighted by Gasteiger charge is -2.25. The van der Waals surface area contributed by atoms with Crippen LogP contribution in [0, 0.1) is 0 Å². The molecule has 100 valence electrons. The number of thioether (sulfide) groups is 1. The molecule has 1 heterocycles. The summed E-state index contributed by atoms with van der Waals surface area (Å²) < 4.78 is 1.43. The van der Waals surface area contributed by atoms with Crippen molar-refractivity contribution in [2.24, 2.45) is 0 Å². The SMILES string of the molecule is CNC1c2ccccc2CCCC1Sc1cccs1. The van der Waals surface area contributed by atoms with Gasteiger partial charge in [0.15, 0.2) is 0 Å². The molecule has 1 aliphatic rings. The van der Waals surface area contributed by atoms with Crippen LogP contribution in [0.5, 0.6) is 0 Å². The van der Waals surface area contributed by atoms with Gasteiger partial charge in [-0.05, 0) is 48.9 Å². The summed E-state index contributed by atoms with van der Waals surface area (Å²) in [4.78, 5) is 0. The average Bonchev–Trinajstić information content (AvgIpc) is 2.87. The van der Waals surface area contributed by atoms with E-state index < -0.39 is 0 Å². The molecule has 0 radical (unpaired) electrons. The lowest BCUT2D eigenvalue weighted by molar-refractivity contribution is 0.548. The molecule has 1 aromatic heterocycles. The van der Waals surface area contributed by atoms with Gasteiger partial charge in [-0.1, -0.05) is 30.3 Å². The van der Waals surface area contributed by atoms with E-state index in [1.54, 1.807) is 0 Å². The highest BCUT2D eigenvalue weighted by molar-refractivity contribution is 8.01. The van der Waals surface area contributed by atoms with Crippen molar-refractivity contribution < 1.29 is 0 Å². The minimum absolute atomic E-state index is 0.464. The van der Waals surface area contributed by atoms with Gasteiger partial charge in [0.25, 0.3) is 0 Å². The molecule has 0 spiro atoms. The van der Waals surface area contributed by atoms with Crippen molar-refractivity contribution in [3.8, 4) is 0 Å². The second-order valence-corrected chi connectivity index (χ2v) is 7.43. The van der Waals surface area contributed by atoms with E-state index in [1.807, 2.05) is 23.1 Å². The maximum atomic E-state index is 3.55. The number of rotatable bonds is 3. The number of fused-ring (bicyclic) bond motifs is 1. The van der Waals surface area contributed by atoms with Crippen LogP contribution in [0.15, 0.2) is 46.0 Å². The van der Waals surface area contributed by atoms with Crippen LogP contribution in [0.2, 0.25) is 0 Å². The Balaban J connectivity index is 1.88. The summed E-state index contributed by atoms with van der Waals surface area (Å²) in [6, 6.07) is 13.8. The van der Waals surface area contributed by atoms with Gasteiger partial charge in [-0.15, -0.1) is 23.1 Å². The molecule has 2 unspecified atom stereocenters. The zero-order chi connectivity index (χ0) is 13.1. The van der Waals surface area contributed by atoms with Crippen molar-refractivity contribution in [2.75, 3.05) is 7.05 Å². The van der Waals surface area contributed by atoms with E-state index in [4.69, 9.17) is 0 Å². The second kappa shape index (κ2) is 6.12.